The van der Waals surface area contributed by atoms with E-state index in [1.807, 2.05) is 30.3 Å². The molecule has 0 saturated carbocycles. The van der Waals surface area contributed by atoms with Gasteiger partial charge >= 0.3 is 0 Å². The van der Waals surface area contributed by atoms with Gasteiger partial charge in [-0.1, -0.05) is 48.0 Å². The predicted molar refractivity (Wildman–Crippen MR) is 105 cm³/mol. The molecule has 4 nitrogen and oxygen atoms in total. The van der Waals surface area contributed by atoms with Crippen molar-refractivity contribution in [1.82, 2.24) is 10.2 Å². The van der Waals surface area contributed by atoms with Crippen LogP contribution in [0.2, 0.25) is 5.02 Å². The lowest BCUT2D eigenvalue weighted by molar-refractivity contribution is -0.117. The van der Waals surface area contributed by atoms with Crippen molar-refractivity contribution in [3.8, 4) is 0 Å². The second-order valence-electron chi connectivity index (χ2n) is 6.35. The van der Waals surface area contributed by atoms with Crippen molar-refractivity contribution in [3.63, 3.8) is 0 Å². The Labute approximate surface area is 163 Å². The monoisotopic (exact) mass is 388 g/mol. The summed E-state index contributed by atoms with van der Waals surface area (Å²) in [6.07, 6.45) is 2.73. The summed E-state index contributed by atoms with van der Waals surface area (Å²) in [6, 6.07) is 14.1. The van der Waals surface area contributed by atoms with E-state index < -0.39 is 5.82 Å². The smallest absolute Gasteiger partial charge is 0.244 e. The van der Waals surface area contributed by atoms with Gasteiger partial charge in [0, 0.05) is 31.3 Å². The summed E-state index contributed by atoms with van der Waals surface area (Å²) in [6.45, 7) is 3.75. The third-order valence-electron chi connectivity index (χ3n) is 4.46. The van der Waals surface area contributed by atoms with Gasteiger partial charge in [0.1, 0.15) is 5.82 Å². The van der Waals surface area contributed by atoms with Crippen LogP contribution in [0.4, 0.5) is 4.39 Å². The molecule has 0 aromatic heterocycles. The summed E-state index contributed by atoms with van der Waals surface area (Å²) in [7, 11) is 0. The lowest BCUT2D eigenvalue weighted by Gasteiger charge is -2.31. The van der Waals surface area contributed by atoms with Crippen molar-refractivity contribution in [1.29, 1.82) is 0 Å². The van der Waals surface area contributed by atoms with Crippen molar-refractivity contribution in [2.75, 3.05) is 32.8 Å². The van der Waals surface area contributed by atoms with Crippen LogP contribution in [-0.4, -0.2) is 43.7 Å². The fourth-order valence-electron chi connectivity index (χ4n) is 3.01. The Morgan fingerprint density at radius 3 is 2.63 bits per heavy atom. The minimum Gasteiger partial charge on any atom is -0.379 e. The quantitative estimate of drug-likeness (QED) is 0.767. The van der Waals surface area contributed by atoms with E-state index >= 15 is 0 Å². The van der Waals surface area contributed by atoms with Crippen LogP contribution in [0.5, 0.6) is 0 Å². The van der Waals surface area contributed by atoms with Crippen LogP contribution in [0.15, 0.2) is 54.6 Å². The zero-order valence-electron chi connectivity index (χ0n) is 14.9. The molecule has 142 valence electrons. The molecular weight excluding hydrogens is 367 g/mol. The van der Waals surface area contributed by atoms with Gasteiger partial charge in [-0.15, -0.1) is 0 Å². The molecular formula is C21H22ClFN2O2. The average Bonchev–Trinajstić information content (AvgIpc) is 2.68. The molecule has 0 bridgehead atoms. The Kier molecular flexibility index (Phi) is 6.98. The number of morpholine rings is 1. The van der Waals surface area contributed by atoms with Gasteiger partial charge in [-0.05, 0) is 23.8 Å². The number of halogens is 2. The molecule has 1 aliphatic rings. The molecule has 6 heteroatoms. The Balaban J connectivity index is 1.71. The predicted octanol–water partition coefficient (Wildman–Crippen LogP) is 3.68. The summed E-state index contributed by atoms with van der Waals surface area (Å²) in [5.41, 5.74) is 1.23. The number of benzene rings is 2. The molecule has 1 aliphatic heterocycles. The van der Waals surface area contributed by atoms with Gasteiger partial charge in [-0.2, -0.15) is 0 Å². The van der Waals surface area contributed by atoms with Crippen LogP contribution in [-0.2, 0) is 9.53 Å². The minimum absolute atomic E-state index is 0.169. The van der Waals surface area contributed by atoms with Gasteiger partial charge in [0.05, 0.1) is 24.3 Å². The van der Waals surface area contributed by atoms with Crippen molar-refractivity contribution in [3.05, 3.63) is 76.6 Å². The standard InChI is InChI=1S/C21H22ClFN2O2/c22-18-7-4-8-19(23)17(18)9-10-21(26)24-20(16-5-2-1-3-6-16)15-25-11-13-27-14-12-25/h1-10,20H,11-15H2,(H,24,26)/b10-9+/t20-/m1/s1. The summed E-state index contributed by atoms with van der Waals surface area (Å²) in [4.78, 5) is 14.7. The zero-order valence-corrected chi connectivity index (χ0v) is 15.7. The number of amides is 1. The van der Waals surface area contributed by atoms with E-state index in [1.54, 1.807) is 6.07 Å². The Hall–Kier alpha value is -2.21. The normalized spacial score (nSPS) is 16.4. The fraction of sp³-hybridized carbons (Fsp3) is 0.286. The first-order chi connectivity index (χ1) is 13.1. The van der Waals surface area contributed by atoms with Crippen molar-refractivity contribution in [2.45, 2.75) is 6.04 Å². The highest BCUT2D eigenvalue weighted by atomic mass is 35.5. The molecule has 0 spiro atoms. The van der Waals surface area contributed by atoms with Gasteiger partial charge < -0.3 is 10.1 Å². The average molecular weight is 389 g/mol. The van der Waals surface area contributed by atoms with E-state index in [0.717, 1.165) is 18.7 Å². The third-order valence-corrected chi connectivity index (χ3v) is 4.79. The van der Waals surface area contributed by atoms with E-state index in [0.29, 0.717) is 19.8 Å². The number of carbonyl (C=O) groups excluding carboxylic acids is 1. The second-order valence-corrected chi connectivity index (χ2v) is 6.76. The van der Waals surface area contributed by atoms with E-state index in [-0.39, 0.29) is 22.5 Å². The maximum atomic E-state index is 13.9. The summed E-state index contributed by atoms with van der Waals surface area (Å²) in [5.74, 6) is -0.754. The Morgan fingerprint density at radius 1 is 1.19 bits per heavy atom. The zero-order chi connectivity index (χ0) is 19.1. The van der Waals surface area contributed by atoms with Crippen LogP contribution in [0.1, 0.15) is 17.2 Å². The van der Waals surface area contributed by atoms with Gasteiger partial charge in [0.15, 0.2) is 0 Å². The lowest BCUT2D eigenvalue weighted by Crippen LogP contribution is -2.42. The molecule has 2 aromatic rings. The highest BCUT2D eigenvalue weighted by Gasteiger charge is 2.19. The number of rotatable bonds is 6. The molecule has 1 N–H and O–H groups in total. The first-order valence-corrected chi connectivity index (χ1v) is 9.29. The Bertz CT molecular complexity index is 772. The molecule has 1 amide bonds. The number of carbonyl (C=O) groups is 1. The largest absolute Gasteiger partial charge is 0.379 e. The van der Waals surface area contributed by atoms with E-state index in [4.69, 9.17) is 16.3 Å². The third kappa shape index (κ3) is 5.63. The van der Waals surface area contributed by atoms with Gasteiger partial charge in [-0.3, -0.25) is 9.69 Å². The van der Waals surface area contributed by atoms with E-state index in [1.165, 1.54) is 24.3 Å². The molecule has 0 radical (unpaired) electrons. The van der Waals surface area contributed by atoms with E-state index in [9.17, 15) is 9.18 Å². The summed E-state index contributed by atoms with van der Waals surface area (Å²) < 4.78 is 19.2. The number of ether oxygens (including phenoxy) is 1. The topological polar surface area (TPSA) is 41.6 Å². The molecule has 1 heterocycles. The van der Waals surface area contributed by atoms with Crippen LogP contribution >= 0.6 is 11.6 Å². The summed E-state index contributed by atoms with van der Waals surface area (Å²) >= 11 is 6.00. The van der Waals surface area contributed by atoms with Crippen molar-refractivity contribution >= 4 is 23.6 Å². The molecule has 3 rings (SSSR count). The number of hydrogen-bond acceptors (Lipinski definition) is 3. The molecule has 27 heavy (non-hydrogen) atoms. The highest BCUT2D eigenvalue weighted by Crippen LogP contribution is 2.20. The molecule has 1 saturated heterocycles. The van der Waals surface area contributed by atoms with Crippen LogP contribution < -0.4 is 5.32 Å². The molecule has 1 atom stereocenters. The Morgan fingerprint density at radius 2 is 1.93 bits per heavy atom. The van der Waals surface area contributed by atoms with Crippen LogP contribution in [0.3, 0.4) is 0 Å². The summed E-state index contributed by atoms with van der Waals surface area (Å²) in [5, 5.41) is 3.29. The highest BCUT2D eigenvalue weighted by molar-refractivity contribution is 6.32. The van der Waals surface area contributed by atoms with E-state index in [2.05, 4.69) is 10.2 Å². The fourth-order valence-corrected chi connectivity index (χ4v) is 3.24. The van der Waals surface area contributed by atoms with Crippen molar-refractivity contribution in [2.24, 2.45) is 0 Å². The van der Waals surface area contributed by atoms with Gasteiger partial charge in [0.25, 0.3) is 0 Å². The first kappa shape index (κ1) is 19.5. The van der Waals surface area contributed by atoms with Crippen LogP contribution in [0, 0.1) is 5.82 Å². The first-order valence-electron chi connectivity index (χ1n) is 8.91. The second kappa shape index (κ2) is 9.65. The number of hydrogen-bond donors (Lipinski definition) is 1. The van der Waals surface area contributed by atoms with Gasteiger partial charge in [-0.25, -0.2) is 4.39 Å². The minimum atomic E-state index is -0.459. The van der Waals surface area contributed by atoms with Crippen LogP contribution in [0.25, 0.3) is 6.08 Å². The number of nitrogens with one attached hydrogen (secondary N) is 1. The molecule has 1 fully saturated rings. The SMILES string of the molecule is O=C(/C=C/c1c(F)cccc1Cl)N[C@H](CN1CCOCC1)c1ccccc1. The molecule has 2 aromatic carbocycles. The maximum absolute atomic E-state index is 13.9. The maximum Gasteiger partial charge on any atom is 0.244 e. The number of nitrogens with zero attached hydrogens (tertiary/aromatic N) is 1. The molecule has 0 unspecified atom stereocenters. The van der Waals surface area contributed by atoms with Crippen molar-refractivity contribution < 1.29 is 13.9 Å². The van der Waals surface area contributed by atoms with Gasteiger partial charge in [0.2, 0.25) is 5.91 Å². The molecule has 0 aliphatic carbocycles. The lowest BCUT2D eigenvalue weighted by atomic mass is 10.1.